The molecule has 2 aliphatic heterocycles. The molecule has 0 amide bonds. The molecule has 3 rings (SSSR count). The summed E-state index contributed by atoms with van der Waals surface area (Å²) in [5.74, 6) is 1.40. The second-order valence-corrected chi connectivity index (χ2v) is 5.06. The summed E-state index contributed by atoms with van der Waals surface area (Å²) in [5, 5.41) is 6.88. The van der Waals surface area contributed by atoms with Crippen molar-refractivity contribution >= 4 is 5.82 Å². The minimum absolute atomic E-state index is 0.446. The number of hydrogen-bond donors (Lipinski definition) is 2. The molecule has 5 heteroatoms. The molecule has 2 N–H and O–H groups in total. The highest BCUT2D eigenvalue weighted by atomic mass is 16.5. The summed E-state index contributed by atoms with van der Waals surface area (Å²) in [7, 11) is 0. The molecule has 0 saturated carbocycles. The fourth-order valence-electron chi connectivity index (χ4n) is 2.62. The second-order valence-electron chi connectivity index (χ2n) is 5.06. The molecule has 1 atom stereocenters. The van der Waals surface area contributed by atoms with Gasteiger partial charge in [0, 0.05) is 24.6 Å². The van der Waals surface area contributed by atoms with Gasteiger partial charge in [-0.15, -0.1) is 0 Å². The maximum Gasteiger partial charge on any atom is 0.129 e. The number of ether oxygens (including phenoxy) is 1. The standard InChI is InChI=1S/C13H20N4O/c1-4-14-5-2-11(1)17-13-7-12(15-9-16-13)10-3-6-18-8-10/h7,9-11,14H,1-6,8H2,(H,15,16,17)/t10-/m1/s1. The van der Waals surface area contributed by atoms with Gasteiger partial charge in [-0.1, -0.05) is 0 Å². The molecular formula is C13H20N4O. The Hall–Kier alpha value is -1.20. The Balaban J connectivity index is 1.66. The highest BCUT2D eigenvalue weighted by Gasteiger charge is 2.20. The molecule has 0 radical (unpaired) electrons. The van der Waals surface area contributed by atoms with Crippen LogP contribution in [-0.4, -0.2) is 42.3 Å². The van der Waals surface area contributed by atoms with Gasteiger partial charge in [0.15, 0.2) is 0 Å². The zero-order valence-corrected chi connectivity index (χ0v) is 10.6. The topological polar surface area (TPSA) is 59.1 Å². The van der Waals surface area contributed by atoms with Gasteiger partial charge in [-0.3, -0.25) is 0 Å². The van der Waals surface area contributed by atoms with Gasteiger partial charge in [0.2, 0.25) is 0 Å². The van der Waals surface area contributed by atoms with Gasteiger partial charge in [-0.25, -0.2) is 9.97 Å². The summed E-state index contributed by atoms with van der Waals surface area (Å²) in [6.07, 6.45) is 5.05. The average Bonchev–Trinajstić information content (AvgIpc) is 2.94. The second kappa shape index (κ2) is 5.63. The lowest BCUT2D eigenvalue weighted by molar-refractivity contribution is 0.193. The van der Waals surface area contributed by atoms with Crippen LogP contribution < -0.4 is 10.6 Å². The van der Waals surface area contributed by atoms with Crippen molar-refractivity contribution in [2.75, 3.05) is 31.6 Å². The molecule has 0 aromatic carbocycles. The lowest BCUT2D eigenvalue weighted by Gasteiger charge is -2.24. The van der Waals surface area contributed by atoms with E-state index in [4.69, 9.17) is 4.74 Å². The van der Waals surface area contributed by atoms with Crippen LogP contribution in [0, 0.1) is 0 Å². The third-order valence-corrected chi connectivity index (χ3v) is 3.73. The Bertz CT molecular complexity index is 386. The monoisotopic (exact) mass is 248 g/mol. The zero-order valence-electron chi connectivity index (χ0n) is 10.6. The summed E-state index contributed by atoms with van der Waals surface area (Å²) in [5.41, 5.74) is 1.11. The quantitative estimate of drug-likeness (QED) is 0.840. The van der Waals surface area contributed by atoms with Crippen LogP contribution in [0.4, 0.5) is 5.82 Å². The van der Waals surface area contributed by atoms with Gasteiger partial charge in [0.25, 0.3) is 0 Å². The van der Waals surface area contributed by atoms with Gasteiger partial charge in [0.1, 0.15) is 12.1 Å². The Morgan fingerprint density at radius 3 is 2.89 bits per heavy atom. The van der Waals surface area contributed by atoms with E-state index >= 15 is 0 Å². The van der Waals surface area contributed by atoms with Crippen molar-refractivity contribution in [2.45, 2.75) is 31.2 Å². The van der Waals surface area contributed by atoms with Crippen LogP contribution in [-0.2, 0) is 4.74 Å². The largest absolute Gasteiger partial charge is 0.381 e. The van der Waals surface area contributed by atoms with Gasteiger partial charge in [-0.2, -0.15) is 0 Å². The maximum atomic E-state index is 5.41. The molecule has 0 aliphatic carbocycles. The van der Waals surface area contributed by atoms with Crippen LogP contribution in [0.3, 0.4) is 0 Å². The summed E-state index contributed by atoms with van der Waals surface area (Å²) in [6.45, 7) is 3.83. The first kappa shape index (κ1) is 11.9. The predicted octanol–water partition coefficient (Wildman–Crippen LogP) is 1.14. The minimum Gasteiger partial charge on any atom is -0.381 e. The molecular weight excluding hydrogens is 228 g/mol. The fourth-order valence-corrected chi connectivity index (χ4v) is 2.62. The first-order valence-corrected chi connectivity index (χ1v) is 6.79. The number of rotatable bonds is 3. The lowest BCUT2D eigenvalue weighted by Crippen LogP contribution is -2.35. The van der Waals surface area contributed by atoms with Crippen molar-refractivity contribution in [3.05, 3.63) is 18.1 Å². The molecule has 18 heavy (non-hydrogen) atoms. The summed E-state index contributed by atoms with van der Waals surface area (Å²) in [6, 6.07) is 2.62. The Labute approximate surface area is 107 Å². The lowest BCUT2D eigenvalue weighted by atomic mass is 10.0. The molecule has 1 aromatic rings. The Morgan fingerprint density at radius 2 is 2.11 bits per heavy atom. The Kier molecular flexibility index (Phi) is 3.71. The molecule has 1 aromatic heterocycles. The minimum atomic E-state index is 0.446. The third-order valence-electron chi connectivity index (χ3n) is 3.73. The van der Waals surface area contributed by atoms with Crippen molar-refractivity contribution in [1.82, 2.24) is 15.3 Å². The third kappa shape index (κ3) is 2.79. The number of hydrogen-bond acceptors (Lipinski definition) is 5. The van der Waals surface area contributed by atoms with Crippen LogP contribution in [0.2, 0.25) is 0 Å². The predicted molar refractivity (Wildman–Crippen MR) is 69.7 cm³/mol. The van der Waals surface area contributed by atoms with E-state index in [2.05, 4.69) is 26.7 Å². The zero-order chi connectivity index (χ0) is 12.2. The molecule has 2 saturated heterocycles. The van der Waals surface area contributed by atoms with Crippen molar-refractivity contribution in [3.63, 3.8) is 0 Å². The van der Waals surface area contributed by atoms with Gasteiger partial charge in [-0.05, 0) is 32.4 Å². The normalized spacial score (nSPS) is 25.2. The van der Waals surface area contributed by atoms with Gasteiger partial charge < -0.3 is 15.4 Å². The highest BCUT2D eigenvalue weighted by Crippen LogP contribution is 2.24. The smallest absolute Gasteiger partial charge is 0.129 e. The molecule has 2 aliphatic rings. The van der Waals surface area contributed by atoms with Crippen LogP contribution in [0.25, 0.3) is 0 Å². The van der Waals surface area contributed by atoms with Crippen LogP contribution in [0.1, 0.15) is 30.9 Å². The molecule has 2 fully saturated rings. The SMILES string of the molecule is c1nc(NC2CCNCC2)cc([C@@H]2CCOC2)n1. The van der Waals surface area contributed by atoms with Crippen LogP contribution in [0.15, 0.2) is 12.4 Å². The van der Waals surface area contributed by atoms with Crippen molar-refractivity contribution < 1.29 is 4.74 Å². The molecule has 0 spiro atoms. The molecule has 3 heterocycles. The van der Waals surface area contributed by atoms with Crippen LogP contribution >= 0.6 is 0 Å². The summed E-state index contributed by atoms with van der Waals surface area (Å²) >= 11 is 0. The van der Waals surface area contributed by atoms with Crippen molar-refractivity contribution in [2.24, 2.45) is 0 Å². The van der Waals surface area contributed by atoms with Crippen molar-refractivity contribution in [1.29, 1.82) is 0 Å². The number of aromatic nitrogens is 2. The van der Waals surface area contributed by atoms with E-state index in [1.54, 1.807) is 6.33 Å². The highest BCUT2D eigenvalue weighted by molar-refractivity contribution is 5.37. The number of nitrogens with one attached hydrogen (secondary N) is 2. The summed E-state index contributed by atoms with van der Waals surface area (Å²) in [4.78, 5) is 8.69. The van der Waals surface area contributed by atoms with Crippen molar-refractivity contribution in [3.8, 4) is 0 Å². The number of anilines is 1. The van der Waals surface area contributed by atoms with E-state index in [1.165, 1.54) is 0 Å². The van der Waals surface area contributed by atoms with E-state index in [9.17, 15) is 0 Å². The van der Waals surface area contributed by atoms with E-state index in [0.717, 1.165) is 57.1 Å². The van der Waals surface area contributed by atoms with Crippen LogP contribution in [0.5, 0.6) is 0 Å². The molecule has 0 bridgehead atoms. The molecule has 0 unspecified atom stereocenters. The number of nitrogens with zero attached hydrogens (tertiary/aromatic N) is 2. The van der Waals surface area contributed by atoms with E-state index < -0.39 is 0 Å². The summed E-state index contributed by atoms with van der Waals surface area (Å²) < 4.78 is 5.41. The molecule has 98 valence electrons. The van der Waals surface area contributed by atoms with E-state index in [1.807, 2.05) is 0 Å². The van der Waals surface area contributed by atoms with Gasteiger partial charge >= 0.3 is 0 Å². The first-order valence-electron chi connectivity index (χ1n) is 6.79. The average molecular weight is 248 g/mol. The fraction of sp³-hybridized carbons (Fsp3) is 0.692. The van der Waals surface area contributed by atoms with Gasteiger partial charge in [0.05, 0.1) is 12.3 Å². The van der Waals surface area contributed by atoms with E-state index in [-0.39, 0.29) is 0 Å². The first-order chi connectivity index (χ1) is 8.92. The maximum absolute atomic E-state index is 5.41. The Morgan fingerprint density at radius 1 is 1.22 bits per heavy atom. The molecule has 5 nitrogen and oxygen atoms in total. The van der Waals surface area contributed by atoms with E-state index in [0.29, 0.717) is 12.0 Å². The number of piperidine rings is 1.